The molecule has 0 aliphatic heterocycles. The van der Waals surface area contributed by atoms with Crippen molar-refractivity contribution in [2.75, 3.05) is 0 Å². The second kappa shape index (κ2) is 5.37. The molecule has 2 nitrogen and oxygen atoms in total. The molecule has 0 amide bonds. The number of halogens is 1. The number of benzene rings is 1. The van der Waals surface area contributed by atoms with Gasteiger partial charge in [-0.2, -0.15) is 0 Å². The van der Waals surface area contributed by atoms with E-state index in [2.05, 4.69) is 15.9 Å². The Kier molecular flexibility index (Phi) is 3.85. The third-order valence-corrected chi connectivity index (χ3v) is 3.76. The normalized spacial score (nSPS) is 10.3. The Hall–Kier alpha value is -1.00. The highest BCUT2D eigenvalue weighted by Gasteiger charge is 2.02. The molecule has 0 unspecified atom stereocenters. The topological polar surface area (TPSA) is 30.2 Å². The summed E-state index contributed by atoms with van der Waals surface area (Å²) in [4.78, 5) is 11.7. The van der Waals surface area contributed by atoms with Gasteiger partial charge in [0, 0.05) is 14.9 Å². The first kappa shape index (κ1) is 11.5. The van der Waals surface area contributed by atoms with Gasteiger partial charge in [-0.1, -0.05) is 15.9 Å². The van der Waals surface area contributed by atoms with Crippen molar-refractivity contribution in [2.24, 2.45) is 0 Å². The van der Waals surface area contributed by atoms with Crippen LogP contribution >= 0.6 is 27.7 Å². The number of aldehydes is 1. The van der Waals surface area contributed by atoms with Gasteiger partial charge in [0.15, 0.2) is 6.29 Å². The monoisotopic (exact) mass is 296 g/mol. The highest BCUT2D eigenvalue weighted by atomic mass is 79.9. The van der Waals surface area contributed by atoms with Crippen molar-refractivity contribution in [3.63, 3.8) is 0 Å². The standard InChI is InChI=1S/C12H9BrO2S/c13-12-6-11(4-3-9(12)7-14)16-8-10-2-1-5-15-10/h1-7H,8H2. The van der Waals surface area contributed by atoms with E-state index in [1.165, 1.54) is 0 Å². The van der Waals surface area contributed by atoms with Crippen LogP contribution in [0.15, 0.2) is 50.4 Å². The van der Waals surface area contributed by atoms with Crippen LogP contribution in [0.4, 0.5) is 0 Å². The third-order valence-electron chi connectivity index (χ3n) is 2.06. The van der Waals surface area contributed by atoms with Gasteiger partial charge in [0.25, 0.3) is 0 Å². The van der Waals surface area contributed by atoms with Crippen molar-refractivity contribution in [3.05, 3.63) is 52.4 Å². The molecule has 4 heteroatoms. The van der Waals surface area contributed by atoms with E-state index in [0.29, 0.717) is 5.56 Å². The van der Waals surface area contributed by atoms with Gasteiger partial charge in [0.1, 0.15) is 5.76 Å². The van der Waals surface area contributed by atoms with E-state index >= 15 is 0 Å². The Morgan fingerprint density at radius 1 is 1.38 bits per heavy atom. The first-order chi connectivity index (χ1) is 7.79. The average Bonchev–Trinajstić information content (AvgIpc) is 2.79. The average molecular weight is 297 g/mol. The van der Waals surface area contributed by atoms with E-state index in [0.717, 1.165) is 27.2 Å². The molecule has 1 heterocycles. The van der Waals surface area contributed by atoms with E-state index in [1.54, 1.807) is 18.0 Å². The summed E-state index contributed by atoms with van der Waals surface area (Å²) >= 11 is 5.03. The number of carbonyl (C=O) groups excluding carboxylic acids is 1. The number of furan rings is 1. The van der Waals surface area contributed by atoms with Gasteiger partial charge in [-0.25, -0.2) is 0 Å². The smallest absolute Gasteiger partial charge is 0.151 e. The minimum atomic E-state index is 0.669. The summed E-state index contributed by atoms with van der Waals surface area (Å²) < 4.78 is 6.07. The van der Waals surface area contributed by atoms with Crippen molar-refractivity contribution < 1.29 is 9.21 Å². The SMILES string of the molecule is O=Cc1ccc(SCc2ccco2)cc1Br. The Morgan fingerprint density at radius 2 is 2.25 bits per heavy atom. The fourth-order valence-electron chi connectivity index (χ4n) is 1.24. The fourth-order valence-corrected chi connectivity index (χ4v) is 2.70. The molecule has 0 aliphatic rings. The van der Waals surface area contributed by atoms with Crippen LogP contribution in [0.25, 0.3) is 0 Å². The highest BCUT2D eigenvalue weighted by molar-refractivity contribution is 9.10. The molecular weight excluding hydrogens is 288 g/mol. The summed E-state index contributed by atoms with van der Waals surface area (Å²) in [6.07, 6.45) is 2.51. The van der Waals surface area contributed by atoms with E-state index in [1.807, 2.05) is 30.3 Å². The zero-order valence-corrected chi connectivity index (χ0v) is 10.8. The van der Waals surface area contributed by atoms with Crippen LogP contribution in [0.5, 0.6) is 0 Å². The zero-order chi connectivity index (χ0) is 11.4. The highest BCUT2D eigenvalue weighted by Crippen LogP contribution is 2.27. The summed E-state index contributed by atoms with van der Waals surface area (Å²) in [6, 6.07) is 9.50. The Morgan fingerprint density at radius 3 is 2.88 bits per heavy atom. The van der Waals surface area contributed by atoms with E-state index in [-0.39, 0.29) is 0 Å². The minimum absolute atomic E-state index is 0.669. The third kappa shape index (κ3) is 2.77. The van der Waals surface area contributed by atoms with E-state index in [9.17, 15) is 4.79 Å². The first-order valence-electron chi connectivity index (χ1n) is 4.69. The summed E-state index contributed by atoms with van der Waals surface area (Å²) in [5.41, 5.74) is 0.669. The van der Waals surface area contributed by atoms with Gasteiger partial charge < -0.3 is 4.42 Å². The molecule has 0 radical (unpaired) electrons. The maximum absolute atomic E-state index is 10.6. The molecule has 0 atom stereocenters. The van der Waals surface area contributed by atoms with Crippen LogP contribution in [-0.2, 0) is 5.75 Å². The number of thioether (sulfide) groups is 1. The Labute approximate surface area is 106 Å². The first-order valence-corrected chi connectivity index (χ1v) is 6.47. The minimum Gasteiger partial charge on any atom is -0.468 e. The predicted octanol–water partition coefficient (Wildman–Crippen LogP) is 4.15. The molecule has 0 saturated heterocycles. The lowest BCUT2D eigenvalue weighted by Gasteiger charge is -2.02. The largest absolute Gasteiger partial charge is 0.468 e. The summed E-state index contributed by atoms with van der Waals surface area (Å²) in [5, 5.41) is 0. The van der Waals surface area contributed by atoms with Crippen molar-refractivity contribution in [2.45, 2.75) is 10.6 Å². The lowest BCUT2D eigenvalue weighted by Crippen LogP contribution is -1.83. The van der Waals surface area contributed by atoms with Gasteiger partial charge in [-0.15, -0.1) is 11.8 Å². The molecule has 1 aromatic heterocycles. The van der Waals surface area contributed by atoms with Crippen LogP contribution in [0.2, 0.25) is 0 Å². The molecule has 16 heavy (non-hydrogen) atoms. The van der Waals surface area contributed by atoms with Crippen LogP contribution in [0.3, 0.4) is 0 Å². The molecule has 0 bridgehead atoms. The molecule has 0 spiro atoms. The lowest BCUT2D eigenvalue weighted by atomic mass is 10.2. The van der Waals surface area contributed by atoms with Gasteiger partial charge in [0.05, 0.1) is 12.0 Å². The van der Waals surface area contributed by atoms with Crippen LogP contribution in [0.1, 0.15) is 16.1 Å². The Bertz CT molecular complexity index is 480. The van der Waals surface area contributed by atoms with Crippen LogP contribution < -0.4 is 0 Å². The maximum Gasteiger partial charge on any atom is 0.151 e. The second-order valence-corrected chi connectivity index (χ2v) is 5.07. The van der Waals surface area contributed by atoms with Crippen LogP contribution in [-0.4, -0.2) is 6.29 Å². The molecule has 0 saturated carbocycles. The summed E-state index contributed by atoms with van der Waals surface area (Å²) in [6.45, 7) is 0. The van der Waals surface area contributed by atoms with Gasteiger partial charge in [0.2, 0.25) is 0 Å². The number of hydrogen-bond acceptors (Lipinski definition) is 3. The zero-order valence-electron chi connectivity index (χ0n) is 8.35. The van der Waals surface area contributed by atoms with Crippen molar-refractivity contribution in [3.8, 4) is 0 Å². The summed E-state index contributed by atoms with van der Waals surface area (Å²) in [7, 11) is 0. The molecule has 0 N–H and O–H groups in total. The Balaban J connectivity index is 2.05. The molecule has 82 valence electrons. The molecule has 0 fully saturated rings. The molecule has 1 aromatic carbocycles. The molecular formula is C12H9BrO2S. The number of carbonyl (C=O) groups is 1. The molecule has 2 aromatic rings. The number of hydrogen-bond donors (Lipinski definition) is 0. The van der Waals surface area contributed by atoms with Crippen LogP contribution in [0, 0.1) is 0 Å². The quantitative estimate of drug-likeness (QED) is 0.627. The maximum atomic E-state index is 10.6. The van der Waals surface area contributed by atoms with Gasteiger partial charge in [-0.3, -0.25) is 4.79 Å². The van der Waals surface area contributed by atoms with E-state index < -0.39 is 0 Å². The lowest BCUT2D eigenvalue weighted by molar-refractivity contribution is 0.112. The predicted molar refractivity (Wildman–Crippen MR) is 67.8 cm³/mol. The van der Waals surface area contributed by atoms with Gasteiger partial charge in [-0.05, 0) is 30.3 Å². The van der Waals surface area contributed by atoms with Crippen molar-refractivity contribution in [1.82, 2.24) is 0 Å². The summed E-state index contributed by atoms with van der Waals surface area (Å²) in [5.74, 6) is 1.74. The van der Waals surface area contributed by atoms with Crippen molar-refractivity contribution >= 4 is 34.0 Å². The second-order valence-electron chi connectivity index (χ2n) is 3.17. The molecule has 0 aliphatic carbocycles. The van der Waals surface area contributed by atoms with Gasteiger partial charge >= 0.3 is 0 Å². The fraction of sp³-hybridized carbons (Fsp3) is 0.0833. The van der Waals surface area contributed by atoms with E-state index in [4.69, 9.17) is 4.42 Å². The molecule has 2 rings (SSSR count). The van der Waals surface area contributed by atoms with Crippen molar-refractivity contribution in [1.29, 1.82) is 0 Å². The number of rotatable bonds is 4.